The quantitative estimate of drug-likeness (QED) is 0.667. The molecule has 0 aliphatic rings. The lowest BCUT2D eigenvalue weighted by atomic mass is 10.2. The molecule has 11 heavy (non-hydrogen) atoms. The van der Waals surface area contributed by atoms with Gasteiger partial charge >= 0.3 is 0 Å². The zero-order valence-corrected chi connectivity index (χ0v) is 7.36. The maximum absolute atomic E-state index is 12.6. The Morgan fingerprint density at radius 3 is 2.36 bits per heavy atom. The van der Waals surface area contributed by atoms with E-state index in [0.29, 0.717) is 0 Å². The van der Waals surface area contributed by atoms with Crippen LogP contribution in [0.1, 0.15) is 33.6 Å². The summed E-state index contributed by atoms with van der Waals surface area (Å²) in [5, 5.41) is 2.57. The van der Waals surface area contributed by atoms with Crippen molar-refractivity contribution in [3.05, 3.63) is 0 Å². The van der Waals surface area contributed by atoms with Crippen LogP contribution < -0.4 is 5.32 Å². The fourth-order valence-corrected chi connectivity index (χ4v) is 0.621. The van der Waals surface area contributed by atoms with E-state index in [1.54, 1.807) is 6.92 Å². The molecular formula is C8H16FNO. The summed E-state index contributed by atoms with van der Waals surface area (Å²) in [6.07, 6.45) is -0.256. The molecule has 0 saturated carbocycles. The van der Waals surface area contributed by atoms with Crippen molar-refractivity contribution in [2.75, 3.05) is 0 Å². The van der Waals surface area contributed by atoms with Gasteiger partial charge in [-0.05, 0) is 19.8 Å². The van der Waals surface area contributed by atoms with Crippen molar-refractivity contribution in [2.45, 2.75) is 45.8 Å². The Balaban J connectivity index is 3.68. The van der Waals surface area contributed by atoms with Gasteiger partial charge in [-0.2, -0.15) is 0 Å². The van der Waals surface area contributed by atoms with Gasteiger partial charge in [0.2, 0.25) is 0 Å². The fraction of sp³-hybridized carbons (Fsp3) is 0.875. The van der Waals surface area contributed by atoms with Crippen LogP contribution >= 0.6 is 0 Å². The van der Waals surface area contributed by atoms with E-state index < -0.39 is 12.1 Å². The Labute approximate surface area is 67.2 Å². The minimum atomic E-state index is -1.34. The van der Waals surface area contributed by atoms with Crippen LogP contribution in [0.25, 0.3) is 0 Å². The van der Waals surface area contributed by atoms with Crippen LogP contribution in [0.5, 0.6) is 0 Å². The Hall–Kier alpha value is -0.600. The molecule has 0 aromatic rings. The van der Waals surface area contributed by atoms with E-state index in [0.717, 1.165) is 6.42 Å². The van der Waals surface area contributed by atoms with Crippen LogP contribution in [0.2, 0.25) is 0 Å². The zero-order valence-electron chi connectivity index (χ0n) is 7.36. The van der Waals surface area contributed by atoms with Crippen LogP contribution in [0.15, 0.2) is 0 Å². The highest BCUT2D eigenvalue weighted by Gasteiger charge is 2.15. The molecule has 0 heterocycles. The molecule has 0 fully saturated rings. The molecule has 0 spiro atoms. The number of amides is 1. The van der Waals surface area contributed by atoms with Gasteiger partial charge in [-0.3, -0.25) is 4.79 Å². The summed E-state index contributed by atoms with van der Waals surface area (Å²) in [6, 6.07) is 0.0762. The average Bonchev–Trinajstić information content (AvgIpc) is 2.02. The third-order valence-corrected chi connectivity index (χ3v) is 1.64. The molecule has 2 nitrogen and oxygen atoms in total. The smallest absolute Gasteiger partial charge is 0.254 e. The first kappa shape index (κ1) is 10.4. The molecule has 3 heteroatoms. The molecule has 0 aromatic carbocycles. The van der Waals surface area contributed by atoms with Gasteiger partial charge in [0.1, 0.15) is 0 Å². The van der Waals surface area contributed by atoms with E-state index in [9.17, 15) is 9.18 Å². The van der Waals surface area contributed by atoms with Crippen molar-refractivity contribution >= 4 is 5.91 Å². The molecular weight excluding hydrogens is 145 g/mol. The van der Waals surface area contributed by atoms with E-state index in [1.165, 1.54) is 0 Å². The second-order valence-corrected chi connectivity index (χ2v) is 2.69. The van der Waals surface area contributed by atoms with Crippen LogP contribution in [0.4, 0.5) is 4.39 Å². The number of carbonyl (C=O) groups is 1. The van der Waals surface area contributed by atoms with Crippen molar-refractivity contribution in [3.63, 3.8) is 0 Å². The minimum Gasteiger partial charge on any atom is -0.351 e. The lowest BCUT2D eigenvalue weighted by Gasteiger charge is -2.12. The Bertz CT molecular complexity index is 127. The van der Waals surface area contributed by atoms with Gasteiger partial charge < -0.3 is 5.32 Å². The number of hydrogen-bond acceptors (Lipinski definition) is 1. The lowest BCUT2D eigenvalue weighted by molar-refractivity contribution is -0.126. The minimum absolute atomic E-state index is 0.0762. The third kappa shape index (κ3) is 3.96. The summed E-state index contributed by atoms with van der Waals surface area (Å²) in [5.41, 5.74) is 0. The predicted octanol–water partition coefficient (Wildman–Crippen LogP) is 1.65. The predicted molar refractivity (Wildman–Crippen MR) is 43.1 cm³/mol. The highest BCUT2D eigenvalue weighted by molar-refractivity contribution is 5.80. The molecule has 0 radical (unpaired) electrons. The Morgan fingerprint density at radius 1 is 1.45 bits per heavy atom. The van der Waals surface area contributed by atoms with Crippen molar-refractivity contribution in [3.8, 4) is 0 Å². The Morgan fingerprint density at radius 2 is 2.00 bits per heavy atom. The van der Waals surface area contributed by atoms with Gasteiger partial charge in [-0.25, -0.2) is 4.39 Å². The average molecular weight is 161 g/mol. The number of rotatable bonds is 4. The van der Waals surface area contributed by atoms with Gasteiger partial charge in [-0.1, -0.05) is 13.8 Å². The van der Waals surface area contributed by atoms with Crippen molar-refractivity contribution in [1.29, 1.82) is 0 Å². The van der Waals surface area contributed by atoms with Gasteiger partial charge in [0.05, 0.1) is 0 Å². The SMILES string of the molecule is CC[C@@H](C)NC(=O)[C@H](F)CC. The fourth-order valence-electron chi connectivity index (χ4n) is 0.621. The van der Waals surface area contributed by atoms with E-state index >= 15 is 0 Å². The summed E-state index contributed by atoms with van der Waals surface area (Å²) in [6.45, 7) is 5.46. The Kier molecular flexibility index (Phi) is 4.83. The van der Waals surface area contributed by atoms with Crippen molar-refractivity contribution < 1.29 is 9.18 Å². The highest BCUT2D eigenvalue weighted by atomic mass is 19.1. The number of hydrogen-bond donors (Lipinski definition) is 1. The van der Waals surface area contributed by atoms with E-state index in [2.05, 4.69) is 5.32 Å². The van der Waals surface area contributed by atoms with Gasteiger partial charge in [-0.15, -0.1) is 0 Å². The molecule has 0 saturated heterocycles. The maximum atomic E-state index is 12.6. The van der Waals surface area contributed by atoms with Crippen LogP contribution in [0.3, 0.4) is 0 Å². The first-order valence-corrected chi connectivity index (χ1v) is 4.06. The summed E-state index contributed by atoms with van der Waals surface area (Å²) < 4.78 is 12.6. The van der Waals surface area contributed by atoms with Gasteiger partial charge in [0.25, 0.3) is 5.91 Å². The molecule has 0 aromatic heterocycles. The highest BCUT2D eigenvalue weighted by Crippen LogP contribution is 1.98. The number of alkyl halides is 1. The molecule has 0 aliphatic carbocycles. The summed E-state index contributed by atoms with van der Waals surface area (Å²) in [5.74, 6) is -0.484. The first-order chi connectivity index (χ1) is 5.11. The molecule has 66 valence electrons. The molecule has 1 amide bonds. The first-order valence-electron chi connectivity index (χ1n) is 4.06. The van der Waals surface area contributed by atoms with Gasteiger partial charge in [0, 0.05) is 6.04 Å². The molecule has 0 rings (SSSR count). The van der Waals surface area contributed by atoms with Crippen LogP contribution in [-0.4, -0.2) is 18.1 Å². The largest absolute Gasteiger partial charge is 0.351 e. The zero-order chi connectivity index (χ0) is 8.85. The van der Waals surface area contributed by atoms with E-state index in [1.807, 2.05) is 13.8 Å². The van der Waals surface area contributed by atoms with Crippen molar-refractivity contribution in [2.24, 2.45) is 0 Å². The standard InChI is InChI=1S/C8H16FNO/c1-4-6(3)10-8(11)7(9)5-2/h6-7H,4-5H2,1-3H3,(H,10,11)/t6-,7-/m1/s1. The molecule has 0 aliphatic heterocycles. The normalized spacial score (nSPS) is 15.6. The second-order valence-electron chi connectivity index (χ2n) is 2.69. The third-order valence-electron chi connectivity index (χ3n) is 1.64. The van der Waals surface area contributed by atoms with Crippen LogP contribution in [-0.2, 0) is 4.79 Å². The monoisotopic (exact) mass is 161 g/mol. The summed E-state index contributed by atoms with van der Waals surface area (Å²) >= 11 is 0. The molecule has 0 bridgehead atoms. The summed E-state index contributed by atoms with van der Waals surface area (Å²) in [4.78, 5) is 10.9. The second kappa shape index (κ2) is 5.10. The summed E-state index contributed by atoms with van der Waals surface area (Å²) in [7, 11) is 0. The number of carbonyl (C=O) groups excluding carboxylic acids is 1. The van der Waals surface area contributed by atoms with Crippen LogP contribution in [0, 0.1) is 0 Å². The number of nitrogens with one attached hydrogen (secondary N) is 1. The van der Waals surface area contributed by atoms with E-state index in [4.69, 9.17) is 0 Å². The maximum Gasteiger partial charge on any atom is 0.254 e. The molecule has 2 atom stereocenters. The number of halogens is 1. The topological polar surface area (TPSA) is 29.1 Å². The van der Waals surface area contributed by atoms with Gasteiger partial charge in [0.15, 0.2) is 6.17 Å². The molecule has 1 N–H and O–H groups in total. The lowest BCUT2D eigenvalue weighted by Crippen LogP contribution is -2.37. The molecule has 0 unspecified atom stereocenters. The van der Waals surface area contributed by atoms with E-state index in [-0.39, 0.29) is 12.5 Å². The van der Waals surface area contributed by atoms with Crippen molar-refractivity contribution in [1.82, 2.24) is 5.32 Å².